The highest BCUT2D eigenvalue weighted by atomic mass is 16.4. The van der Waals surface area contributed by atoms with E-state index in [9.17, 15) is 9.90 Å². The Balaban J connectivity index is 1.69. The third-order valence-electron chi connectivity index (χ3n) is 4.61. The Labute approximate surface area is 126 Å². The Morgan fingerprint density at radius 3 is 2.52 bits per heavy atom. The molecule has 0 amide bonds. The smallest absolute Gasteiger partial charge is 0.335 e. The van der Waals surface area contributed by atoms with Gasteiger partial charge in [0.2, 0.25) is 0 Å². The monoisotopic (exact) mass is 288 g/mol. The van der Waals surface area contributed by atoms with E-state index >= 15 is 0 Å². The second-order valence-electron chi connectivity index (χ2n) is 6.51. The summed E-state index contributed by atoms with van der Waals surface area (Å²) in [5.41, 5.74) is 1.21. The van der Waals surface area contributed by atoms with Gasteiger partial charge in [0.25, 0.3) is 0 Å². The number of nitrogens with one attached hydrogen (secondary N) is 1. The van der Waals surface area contributed by atoms with Crippen molar-refractivity contribution in [3.8, 4) is 0 Å². The topological polar surface area (TPSA) is 62.2 Å². The molecule has 0 radical (unpaired) electrons. The summed E-state index contributed by atoms with van der Waals surface area (Å²) in [5.74, 6) is 2.39. The van der Waals surface area contributed by atoms with Crippen molar-refractivity contribution in [3.63, 3.8) is 0 Å². The molecule has 1 aromatic heterocycles. The Hall–Kier alpha value is -1.58. The Morgan fingerprint density at radius 2 is 2.00 bits per heavy atom. The van der Waals surface area contributed by atoms with Crippen LogP contribution in [0, 0.1) is 17.8 Å². The summed E-state index contributed by atoms with van der Waals surface area (Å²) in [5, 5.41) is 12.6. The highest BCUT2D eigenvalue weighted by molar-refractivity contribution is 5.88. The van der Waals surface area contributed by atoms with Crippen molar-refractivity contribution in [2.24, 2.45) is 17.8 Å². The van der Waals surface area contributed by atoms with Gasteiger partial charge in [-0.25, -0.2) is 9.78 Å². The van der Waals surface area contributed by atoms with Crippen LogP contribution in [0.5, 0.6) is 0 Å². The molecule has 2 N–H and O–H groups in total. The van der Waals surface area contributed by atoms with E-state index in [1.54, 1.807) is 12.1 Å². The number of carboxylic acids is 1. The maximum absolute atomic E-state index is 11.2. The van der Waals surface area contributed by atoms with Crippen molar-refractivity contribution in [2.75, 3.05) is 11.9 Å². The van der Waals surface area contributed by atoms with Gasteiger partial charge in [-0.05, 0) is 62.0 Å². The first-order chi connectivity index (χ1) is 10.2. The number of aryl methyl sites for hydroxylation is 1. The molecular weight excluding hydrogens is 264 g/mol. The highest BCUT2D eigenvalue weighted by Crippen LogP contribution is 2.49. The number of carboxylic acid groups (broad SMARTS) is 1. The molecule has 2 aliphatic carbocycles. The summed E-state index contributed by atoms with van der Waals surface area (Å²) < 4.78 is 0. The number of carbonyl (C=O) groups is 1. The minimum absolute atomic E-state index is 0.338. The molecule has 2 saturated carbocycles. The van der Waals surface area contributed by atoms with E-state index in [0.29, 0.717) is 5.56 Å². The van der Waals surface area contributed by atoms with Crippen molar-refractivity contribution in [1.82, 2.24) is 4.98 Å². The van der Waals surface area contributed by atoms with Crippen LogP contribution in [0.4, 0.5) is 5.82 Å². The number of hydrogen-bond donors (Lipinski definition) is 2. The molecule has 4 nitrogen and oxygen atoms in total. The van der Waals surface area contributed by atoms with E-state index < -0.39 is 5.97 Å². The molecule has 0 spiro atoms. The summed E-state index contributed by atoms with van der Waals surface area (Å²) in [6, 6.07) is 3.36. The number of aromatic carboxylic acids is 1. The van der Waals surface area contributed by atoms with Crippen molar-refractivity contribution >= 4 is 11.8 Å². The third-order valence-corrected chi connectivity index (χ3v) is 4.61. The number of aromatic nitrogens is 1. The minimum Gasteiger partial charge on any atom is -0.478 e. The van der Waals surface area contributed by atoms with Gasteiger partial charge < -0.3 is 10.4 Å². The molecule has 2 aliphatic rings. The second-order valence-corrected chi connectivity index (χ2v) is 6.51. The number of hydrogen-bond acceptors (Lipinski definition) is 3. The molecule has 114 valence electrons. The van der Waals surface area contributed by atoms with Gasteiger partial charge in [-0.2, -0.15) is 0 Å². The van der Waals surface area contributed by atoms with Crippen LogP contribution in [0.2, 0.25) is 0 Å². The predicted octanol–water partition coefficient (Wildman–Crippen LogP) is 3.58. The minimum atomic E-state index is -0.876. The molecule has 21 heavy (non-hydrogen) atoms. The second kappa shape index (κ2) is 6.04. The number of nitrogens with zero attached hydrogens (tertiary/aromatic N) is 1. The van der Waals surface area contributed by atoms with Crippen LogP contribution in [0.25, 0.3) is 0 Å². The fraction of sp³-hybridized carbons (Fsp3) is 0.647. The molecule has 2 fully saturated rings. The molecule has 0 aromatic carbocycles. The van der Waals surface area contributed by atoms with Crippen LogP contribution in [0.3, 0.4) is 0 Å². The molecule has 4 heteroatoms. The number of rotatable bonds is 8. The molecule has 3 rings (SSSR count). The van der Waals surface area contributed by atoms with Gasteiger partial charge in [-0.15, -0.1) is 0 Å². The zero-order valence-corrected chi connectivity index (χ0v) is 12.6. The molecule has 0 atom stereocenters. The van der Waals surface area contributed by atoms with Gasteiger partial charge in [0.05, 0.1) is 5.56 Å². The lowest BCUT2D eigenvalue weighted by Gasteiger charge is -2.17. The summed E-state index contributed by atoms with van der Waals surface area (Å²) in [4.78, 5) is 15.8. The summed E-state index contributed by atoms with van der Waals surface area (Å²) in [6.07, 6.45) is 7.27. The van der Waals surface area contributed by atoms with Crippen LogP contribution in [0.15, 0.2) is 12.1 Å². The van der Waals surface area contributed by atoms with E-state index in [4.69, 9.17) is 0 Å². The van der Waals surface area contributed by atoms with E-state index in [1.807, 2.05) is 0 Å². The largest absolute Gasteiger partial charge is 0.478 e. The fourth-order valence-electron chi connectivity index (χ4n) is 3.18. The van der Waals surface area contributed by atoms with Crippen LogP contribution in [-0.2, 0) is 6.42 Å². The van der Waals surface area contributed by atoms with Crippen molar-refractivity contribution < 1.29 is 9.90 Å². The first kappa shape index (κ1) is 14.4. The van der Waals surface area contributed by atoms with Crippen molar-refractivity contribution in [2.45, 2.75) is 45.4 Å². The van der Waals surface area contributed by atoms with Crippen molar-refractivity contribution in [1.29, 1.82) is 0 Å². The molecule has 0 unspecified atom stereocenters. The summed E-state index contributed by atoms with van der Waals surface area (Å²) in [6.45, 7) is 3.02. The zero-order valence-electron chi connectivity index (χ0n) is 12.6. The maximum Gasteiger partial charge on any atom is 0.335 e. The van der Waals surface area contributed by atoms with Gasteiger partial charge in [0.1, 0.15) is 5.82 Å². The van der Waals surface area contributed by atoms with Crippen LogP contribution in [0.1, 0.15) is 55.1 Å². The first-order valence-corrected chi connectivity index (χ1v) is 8.15. The molecular formula is C17H24N2O2. The molecule has 1 heterocycles. The van der Waals surface area contributed by atoms with Crippen LogP contribution in [-0.4, -0.2) is 22.6 Å². The van der Waals surface area contributed by atoms with E-state index in [-0.39, 0.29) is 0 Å². The van der Waals surface area contributed by atoms with Crippen molar-refractivity contribution in [3.05, 3.63) is 23.4 Å². The molecule has 0 bridgehead atoms. The highest BCUT2D eigenvalue weighted by Gasteiger charge is 2.41. The van der Waals surface area contributed by atoms with E-state index in [2.05, 4.69) is 17.2 Å². The average molecular weight is 288 g/mol. The Kier molecular flexibility index (Phi) is 4.13. The summed E-state index contributed by atoms with van der Waals surface area (Å²) >= 11 is 0. The van der Waals surface area contributed by atoms with E-state index in [0.717, 1.165) is 48.7 Å². The van der Waals surface area contributed by atoms with Gasteiger partial charge >= 0.3 is 5.97 Å². The van der Waals surface area contributed by atoms with Gasteiger partial charge in [-0.3, -0.25) is 0 Å². The zero-order chi connectivity index (χ0) is 14.8. The third kappa shape index (κ3) is 3.74. The van der Waals surface area contributed by atoms with Gasteiger partial charge in [0.15, 0.2) is 0 Å². The maximum atomic E-state index is 11.2. The lowest BCUT2D eigenvalue weighted by atomic mass is 9.98. The fourth-order valence-corrected chi connectivity index (χ4v) is 3.18. The number of pyridine rings is 1. The van der Waals surface area contributed by atoms with Gasteiger partial charge in [-0.1, -0.05) is 13.3 Å². The summed E-state index contributed by atoms with van der Waals surface area (Å²) in [7, 11) is 0. The quantitative estimate of drug-likeness (QED) is 0.767. The normalized spacial score (nSPS) is 18.0. The SMILES string of the molecule is CCCc1cc(C(=O)O)cc(NCC(C2CC2)C2CC2)n1. The van der Waals surface area contributed by atoms with Crippen LogP contribution < -0.4 is 5.32 Å². The predicted molar refractivity (Wildman–Crippen MR) is 82.6 cm³/mol. The lowest BCUT2D eigenvalue weighted by Crippen LogP contribution is -2.19. The Bertz CT molecular complexity index is 510. The Morgan fingerprint density at radius 1 is 1.33 bits per heavy atom. The average Bonchev–Trinajstić information content (AvgIpc) is 3.33. The van der Waals surface area contributed by atoms with Crippen LogP contribution >= 0.6 is 0 Å². The molecule has 0 saturated heterocycles. The van der Waals surface area contributed by atoms with E-state index in [1.165, 1.54) is 25.7 Å². The number of anilines is 1. The lowest BCUT2D eigenvalue weighted by molar-refractivity contribution is 0.0696. The standard InChI is InChI=1S/C17H24N2O2/c1-2-3-14-8-13(17(20)21)9-16(19-14)18-10-15(11-4-5-11)12-6-7-12/h8-9,11-12,15H,2-7,10H2,1H3,(H,18,19)(H,20,21). The molecule has 1 aromatic rings. The van der Waals surface area contributed by atoms with Gasteiger partial charge in [0, 0.05) is 12.2 Å². The molecule has 0 aliphatic heterocycles. The first-order valence-electron chi connectivity index (χ1n) is 8.15.